The Morgan fingerprint density at radius 3 is 0.962 bits per heavy atom. The molecule has 0 aliphatic carbocycles. The Hall–Kier alpha value is -0.606. The summed E-state index contributed by atoms with van der Waals surface area (Å²) >= 11 is 0. The molecule has 0 heterocycles. The minimum Gasteiger partial charge on any atom is -0.554 e. The van der Waals surface area contributed by atoms with Crippen molar-refractivity contribution in [2.45, 2.75) is 110 Å². The van der Waals surface area contributed by atoms with E-state index in [1.165, 1.54) is 103 Å². The number of hydrogen-bond donors (Lipinski definition) is 1. The van der Waals surface area contributed by atoms with Gasteiger partial charge in [-0.25, -0.2) is 0 Å². The van der Waals surface area contributed by atoms with Gasteiger partial charge in [-0.3, -0.25) is 0 Å². The first kappa shape index (κ1) is 33.0. The Morgan fingerprint density at radius 1 is 0.577 bits per heavy atom. The summed E-state index contributed by atoms with van der Waals surface area (Å²) in [7, 11) is 0. The molecule has 6 heteroatoms. The van der Waals surface area contributed by atoms with Gasteiger partial charge in [-0.05, 0) is 13.0 Å². The van der Waals surface area contributed by atoms with Crippen LogP contribution in [0.5, 0.6) is 0 Å². The van der Waals surface area contributed by atoms with E-state index in [2.05, 4.69) is 6.92 Å². The van der Waals surface area contributed by atoms with Crippen LogP contribution in [0, 0.1) is 0 Å². The summed E-state index contributed by atoms with van der Waals surface area (Å²) in [6, 6.07) is 0. The van der Waals surface area contributed by atoms with Gasteiger partial charge in [-0.1, -0.05) is 103 Å². The van der Waals surface area contributed by atoms with E-state index in [0.29, 0.717) is 0 Å². The molecule has 0 saturated heterocycles. The zero-order valence-corrected chi connectivity index (χ0v) is 17.7. The molecule has 0 aromatic rings. The fourth-order valence-electron chi connectivity index (χ4n) is 2.69. The molecule has 0 aromatic carbocycles. The molecule has 26 heavy (non-hydrogen) atoms. The molecular weight excluding hydrogens is 377 g/mol. The molecule has 160 valence electrons. The summed E-state index contributed by atoms with van der Waals surface area (Å²) in [6.07, 6.45) is 22.9. The van der Waals surface area contributed by atoms with Crippen LogP contribution in [0.15, 0.2) is 0 Å². The summed E-state index contributed by atoms with van der Waals surface area (Å²) in [6.45, 7) is 2.16. The predicted octanol–water partition coefficient (Wildman–Crippen LogP) is 2.94. The van der Waals surface area contributed by atoms with Crippen LogP contribution in [-0.4, -0.2) is 19.5 Å². The number of carbonyl (C=O) groups is 2. The van der Waals surface area contributed by atoms with Crippen molar-refractivity contribution in [3.05, 3.63) is 0 Å². The summed E-state index contributed by atoms with van der Waals surface area (Å²) < 4.78 is 0. The molecule has 0 aliphatic rings. The topological polar surface area (TPSA) is 106 Å². The fourth-order valence-corrected chi connectivity index (χ4v) is 2.69. The Balaban J connectivity index is -0.000000302. The largest absolute Gasteiger partial charge is 2.00 e. The van der Waals surface area contributed by atoms with Gasteiger partial charge < -0.3 is 25.5 Å². The van der Waals surface area contributed by atoms with Crippen molar-refractivity contribution in [1.82, 2.24) is 0 Å². The average Bonchev–Trinajstić information content (AvgIpc) is 2.60. The fraction of sp³-hybridized carbons (Fsp3) is 0.900. The number of nitrogens with two attached hydrogens (primary N) is 1. The summed E-state index contributed by atoms with van der Waals surface area (Å²) in [4.78, 5) is 16.5. The van der Waals surface area contributed by atoms with Crippen molar-refractivity contribution in [2.75, 3.05) is 6.54 Å². The monoisotopic (exact) mass is 417 g/mol. The van der Waals surface area contributed by atoms with E-state index in [1.807, 2.05) is 0 Å². The van der Waals surface area contributed by atoms with Crippen LogP contribution >= 0.6 is 0 Å². The third-order valence-electron chi connectivity index (χ3n) is 4.06. The molecule has 0 spiro atoms. The standard InChI is InChI=1S/C18H39N.2CH2O2.Ni/c1-2-3-4-5-6-7-8-9-10-11-12-13-14-15-16-17-18-19;2*2-1-3;/h2-19H2,1H3;2*1H,(H,2,3);/q;;;+2/p-2. The maximum Gasteiger partial charge on any atom is 2.00 e. The number of carboxylic acid groups (broad SMARTS) is 2. The van der Waals surface area contributed by atoms with Crippen LogP contribution in [0.1, 0.15) is 110 Å². The molecule has 0 unspecified atom stereocenters. The summed E-state index contributed by atoms with van der Waals surface area (Å²) in [5.41, 5.74) is 5.48. The van der Waals surface area contributed by atoms with Crippen LogP contribution in [0.3, 0.4) is 0 Å². The van der Waals surface area contributed by atoms with Gasteiger partial charge in [0.2, 0.25) is 0 Å². The van der Waals surface area contributed by atoms with Crippen LogP contribution in [0.4, 0.5) is 0 Å². The molecule has 0 aromatic heterocycles. The number of hydrogen-bond acceptors (Lipinski definition) is 5. The van der Waals surface area contributed by atoms with Crippen molar-refractivity contribution in [1.29, 1.82) is 0 Å². The average molecular weight is 418 g/mol. The van der Waals surface area contributed by atoms with Gasteiger partial charge >= 0.3 is 16.5 Å². The van der Waals surface area contributed by atoms with E-state index in [9.17, 15) is 0 Å². The predicted molar refractivity (Wildman–Crippen MR) is 101 cm³/mol. The van der Waals surface area contributed by atoms with Crippen molar-refractivity contribution < 1.29 is 36.3 Å². The van der Waals surface area contributed by atoms with Crippen LogP contribution in [0.25, 0.3) is 0 Å². The van der Waals surface area contributed by atoms with Gasteiger partial charge in [0.25, 0.3) is 0 Å². The van der Waals surface area contributed by atoms with Gasteiger partial charge in [0.1, 0.15) is 0 Å². The zero-order chi connectivity index (χ0) is 19.4. The molecule has 5 nitrogen and oxygen atoms in total. The smallest absolute Gasteiger partial charge is 0.554 e. The Morgan fingerprint density at radius 2 is 0.769 bits per heavy atom. The van der Waals surface area contributed by atoms with Crippen molar-refractivity contribution >= 4 is 12.9 Å². The quantitative estimate of drug-likeness (QED) is 0.236. The molecule has 0 bridgehead atoms. The minimum absolute atomic E-state index is 0. The van der Waals surface area contributed by atoms with E-state index in [4.69, 9.17) is 25.5 Å². The molecule has 0 saturated carbocycles. The Labute approximate surface area is 171 Å². The second-order valence-corrected chi connectivity index (χ2v) is 6.28. The zero-order valence-electron chi connectivity index (χ0n) is 16.7. The first-order valence-electron chi connectivity index (χ1n) is 10.1. The maximum absolute atomic E-state index is 8.25. The molecule has 0 fully saturated rings. The maximum atomic E-state index is 8.25. The third-order valence-corrected chi connectivity index (χ3v) is 4.06. The van der Waals surface area contributed by atoms with Gasteiger partial charge in [-0.15, -0.1) is 0 Å². The molecule has 0 rings (SSSR count). The first-order valence-corrected chi connectivity index (χ1v) is 10.1. The Kier molecular flexibility index (Phi) is 50.1. The van der Waals surface area contributed by atoms with E-state index >= 15 is 0 Å². The van der Waals surface area contributed by atoms with E-state index in [0.717, 1.165) is 6.54 Å². The Bertz CT molecular complexity index is 210. The van der Waals surface area contributed by atoms with Crippen molar-refractivity contribution in [3.8, 4) is 0 Å². The van der Waals surface area contributed by atoms with Gasteiger partial charge in [0, 0.05) is 12.9 Å². The van der Waals surface area contributed by atoms with Crippen molar-refractivity contribution in [3.63, 3.8) is 0 Å². The van der Waals surface area contributed by atoms with Gasteiger partial charge in [-0.2, -0.15) is 0 Å². The SMILES string of the molecule is CCCCCCCCCCCCCCCCCCN.O=C[O-].O=C[O-].[Ni+2]. The van der Waals surface area contributed by atoms with Crippen LogP contribution < -0.4 is 15.9 Å². The third kappa shape index (κ3) is 49.5. The number of rotatable bonds is 16. The molecule has 0 aliphatic heterocycles. The normalized spacial score (nSPS) is 9.00. The van der Waals surface area contributed by atoms with E-state index < -0.39 is 12.9 Å². The molecule has 0 atom stereocenters. The van der Waals surface area contributed by atoms with Crippen LogP contribution in [0.2, 0.25) is 0 Å². The first-order chi connectivity index (χ1) is 12.2. The van der Waals surface area contributed by atoms with Crippen molar-refractivity contribution in [2.24, 2.45) is 5.73 Å². The molecule has 0 radical (unpaired) electrons. The summed E-state index contributed by atoms with van der Waals surface area (Å²) in [5, 5.41) is 16.5. The second kappa shape index (κ2) is 39.5. The van der Waals surface area contributed by atoms with E-state index in [-0.39, 0.29) is 16.5 Å². The van der Waals surface area contributed by atoms with E-state index in [1.54, 1.807) is 0 Å². The second-order valence-electron chi connectivity index (χ2n) is 6.28. The van der Waals surface area contributed by atoms with Gasteiger partial charge in [0.05, 0.1) is 0 Å². The van der Waals surface area contributed by atoms with Gasteiger partial charge in [0.15, 0.2) is 0 Å². The van der Waals surface area contributed by atoms with Crippen LogP contribution in [-0.2, 0) is 26.1 Å². The number of unbranched alkanes of at least 4 members (excludes halogenated alkanes) is 15. The minimum atomic E-state index is -0.500. The molecule has 0 amide bonds. The number of carbonyl (C=O) groups excluding carboxylic acids is 2. The molecular formula is C20H41NNiO4. The summed E-state index contributed by atoms with van der Waals surface area (Å²) in [5.74, 6) is 0. The molecule has 2 N–H and O–H groups in total.